The zero-order valence-corrected chi connectivity index (χ0v) is 17.0. The molecule has 0 saturated carbocycles. The quantitative estimate of drug-likeness (QED) is 0.667. The van der Waals surface area contributed by atoms with Crippen molar-refractivity contribution in [2.45, 2.75) is 18.8 Å². The number of hydrogen-bond donors (Lipinski definition) is 0. The number of nitrogens with zero attached hydrogens (tertiary/aromatic N) is 3. The molecule has 1 aliphatic heterocycles. The second-order valence-corrected chi connectivity index (χ2v) is 8.91. The van der Waals surface area contributed by atoms with Crippen LogP contribution in [0.5, 0.6) is 0 Å². The number of amides is 2. The van der Waals surface area contributed by atoms with E-state index >= 15 is 0 Å². The third kappa shape index (κ3) is 3.37. The minimum atomic E-state index is 0.00899. The lowest BCUT2D eigenvalue weighted by atomic mass is 9.88. The standard InChI is InChI=1S/C20H21N3O2S2/c1-22(2)20(25)17-16(14-7-3-9-21-18(14)27-17)13-6-4-10-23(12-13)19(24)15-8-5-11-26-15/h3,5,7-9,11,13H,4,6,10,12H2,1-2H3/t13-/m1/s1. The van der Waals surface area contributed by atoms with Gasteiger partial charge in [-0.1, -0.05) is 12.1 Å². The minimum absolute atomic E-state index is 0.00899. The summed E-state index contributed by atoms with van der Waals surface area (Å²) in [6.07, 6.45) is 3.68. The van der Waals surface area contributed by atoms with Crippen LogP contribution in [0.25, 0.3) is 10.2 Å². The lowest BCUT2D eigenvalue weighted by Gasteiger charge is -2.33. The average molecular weight is 400 g/mol. The molecular formula is C20H21N3O2S2. The first kappa shape index (κ1) is 18.1. The summed E-state index contributed by atoms with van der Waals surface area (Å²) in [6, 6.07) is 7.74. The zero-order chi connectivity index (χ0) is 19.0. The Kier molecular flexibility index (Phi) is 4.97. The van der Waals surface area contributed by atoms with E-state index in [0.29, 0.717) is 6.54 Å². The second-order valence-electron chi connectivity index (χ2n) is 6.97. The van der Waals surface area contributed by atoms with Crippen molar-refractivity contribution in [2.75, 3.05) is 27.2 Å². The molecule has 1 saturated heterocycles. The Morgan fingerprint density at radius 3 is 2.85 bits per heavy atom. The summed E-state index contributed by atoms with van der Waals surface area (Å²) in [7, 11) is 3.55. The molecule has 7 heteroatoms. The Bertz CT molecular complexity index is 978. The van der Waals surface area contributed by atoms with Crippen molar-refractivity contribution in [2.24, 2.45) is 0 Å². The topological polar surface area (TPSA) is 53.5 Å². The molecule has 0 bridgehead atoms. The van der Waals surface area contributed by atoms with E-state index in [1.54, 1.807) is 25.2 Å². The van der Waals surface area contributed by atoms with Gasteiger partial charge in [0.1, 0.15) is 4.83 Å². The van der Waals surface area contributed by atoms with Crippen LogP contribution >= 0.6 is 22.7 Å². The normalized spacial score (nSPS) is 17.3. The molecule has 1 fully saturated rings. The predicted molar refractivity (Wildman–Crippen MR) is 110 cm³/mol. The van der Waals surface area contributed by atoms with Crippen LogP contribution in [0, 0.1) is 0 Å². The van der Waals surface area contributed by atoms with E-state index in [2.05, 4.69) is 4.98 Å². The monoisotopic (exact) mass is 399 g/mol. The molecule has 27 heavy (non-hydrogen) atoms. The molecule has 4 heterocycles. The highest BCUT2D eigenvalue weighted by Gasteiger charge is 2.31. The van der Waals surface area contributed by atoms with Crippen molar-refractivity contribution >= 4 is 44.7 Å². The second kappa shape index (κ2) is 7.40. The molecule has 3 aromatic heterocycles. The maximum Gasteiger partial charge on any atom is 0.263 e. The van der Waals surface area contributed by atoms with Gasteiger partial charge in [0.15, 0.2) is 0 Å². The summed E-state index contributed by atoms with van der Waals surface area (Å²) in [6.45, 7) is 1.41. The number of rotatable bonds is 3. The van der Waals surface area contributed by atoms with Gasteiger partial charge in [-0.25, -0.2) is 4.98 Å². The van der Waals surface area contributed by atoms with Crippen molar-refractivity contribution in [1.29, 1.82) is 0 Å². The molecule has 0 radical (unpaired) electrons. The Morgan fingerprint density at radius 2 is 2.11 bits per heavy atom. The molecule has 3 aromatic rings. The zero-order valence-electron chi connectivity index (χ0n) is 15.3. The summed E-state index contributed by atoms with van der Waals surface area (Å²) in [5, 5.41) is 2.98. The number of aromatic nitrogens is 1. The van der Waals surface area contributed by atoms with Crippen molar-refractivity contribution in [3.05, 3.63) is 51.2 Å². The number of fused-ring (bicyclic) bond motifs is 1. The van der Waals surface area contributed by atoms with Crippen LogP contribution in [0.15, 0.2) is 35.8 Å². The van der Waals surface area contributed by atoms with Gasteiger partial charge >= 0.3 is 0 Å². The van der Waals surface area contributed by atoms with Crippen LogP contribution in [-0.4, -0.2) is 53.8 Å². The van der Waals surface area contributed by atoms with Gasteiger partial charge in [-0.05, 0) is 35.9 Å². The van der Waals surface area contributed by atoms with Crippen LogP contribution < -0.4 is 0 Å². The van der Waals surface area contributed by atoms with Crippen LogP contribution in [0.3, 0.4) is 0 Å². The third-order valence-corrected chi connectivity index (χ3v) is 6.93. The maximum absolute atomic E-state index is 12.8. The minimum Gasteiger partial charge on any atom is -0.344 e. The molecular weight excluding hydrogens is 378 g/mol. The lowest BCUT2D eigenvalue weighted by molar-refractivity contribution is 0.0712. The van der Waals surface area contributed by atoms with Gasteiger partial charge in [0.2, 0.25) is 0 Å². The summed E-state index contributed by atoms with van der Waals surface area (Å²) in [4.78, 5) is 36.1. The van der Waals surface area contributed by atoms with E-state index in [1.807, 2.05) is 34.5 Å². The van der Waals surface area contributed by atoms with Crippen molar-refractivity contribution in [3.8, 4) is 0 Å². The number of likely N-dealkylation sites (tertiary alicyclic amines) is 1. The van der Waals surface area contributed by atoms with E-state index in [9.17, 15) is 9.59 Å². The van der Waals surface area contributed by atoms with Gasteiger partial charge in [-0.3, -0.25) is 9.59 Å². The molecule has 0 spiro atoms. The van der Waals surface area contributed by atoms with E-state index in [0.717, 1.165) is 44.9 Å². The Balaban J connectivity index is 1.71. The van der Waals surface area contributed by atoms with Gasteiger partial charge < -0.3 is 9.80 Å². The van der Waals surface area contributed by atoms with Crippen LogP contribution in [0.4, 0.5) is 0 Å². The highest BCUT2D eigenvalue weighted by molar-refractivity contribution is 7.20. The molecule has 140 valence electrons. The lowest BCUT2D eigenvalue weighted by Crippen LogP contribution is -2.39. The van der Waals surface area contributed by atoms with Crippen LogP contribution in [-0.2, 0) is 0 Å². The molecule has 0 unspecified atom stereocenters. The number of pyridine rings is 1. The molecule has 5 nitrogen and oxygen atoms in total. The highest BCUT2D eigenvalue weighted by Crippen LogP contribution is 2.39. The molecule has 1 atom stereocenters. The van der Waals surface area contributed by atoms with Crippen molar-refractivity contribution in [1.82, 2.24) is 14.8 Å². The average Bonchev–Trinajstić information content (AvgIpc) is 3.34. The van der Waals surface area contributed by atoms with E-state index < -0.39 is 0 Å². The van der Waals surface area contributed by atoms with Crippen molar-refractivity contribution in [3.63, 3.8) is 0 Å². The van der Waals surface area contributed by atoms with Gasteiger partial charge in [0.05, 0.1) is 9.75 Å². The van der Waals surface area contributed by atoms with Gasteiger partial charge in [0, 0.05) is 44.7 Å². The van der Waals surface area contributed by atoms with Crippen molar-refractivity contribution < 1.29 is 9.59 Å². The summed E-state index contributed by atoms with van der Waals surface area (Å²) in [5.41, 5.74) is 1.06. The fourth-order valence-corrected chi connectivity index (χ4v) is 5.61. The first-order valence-corrected chi connectivity index (χ1v) is 10.7. The SMILES string of the molecule is CN(C)C(=O)c1sc2ncccc2c1[C@@H]1CCCN(C(=O)c2cccs2)C1. The van der Waals surface area contributed by atoms with E-state index in [4.69, 9.17) is 0 Å². The molecule has 4 rings (SSSR count). The smallest absolute Gasteiger partial charge is 0.263 e. The molecule has 0 N–H and O–H groups in total. The first-order chi connectivity index (χ1) is 13.1. The van der Waals surface area contributed by atoms with E-state index in [-0.39, 0.29) is 17.7 Å². The number of hydrogen-bond acceptors (Lipinski definition) is 5. The predicted octanol–water partition coefficient (Wildman–Crippen LogP) is 4.08. The van der Waals surface area contributed by atoms with E-state index in [1.165, 1.54) is 22.7 Å². The molecule has 0 aliphatic carbocycles. The molecule has 2 amide bonds. The summed E-state index contributed by atoms with van der Waals surface area (Å²) < 4.78 is 0. The number of thiophene rings is 2. The Morgan fingerprint density at radius 1 is 1.26 bits per heavy atom. The fraction of sp³-hybridized carbons (Fsp3) is 0.350. The highest BCUT2D eigenvalue weighted by atomic mass is 32.1. The molecule has 0 aromatic carbocycles. The number of carbonyl (C=O) groups excluding carboxylic acids is 2. The Labute approximate surface area is 166 Å². The van der Waals surface area contributed by atoms with Gasteiger partial charge in [-0.15, -0.1) is 22.7 Å². The Hall–Kier alpha value is -2.25. The summed E-state index contributed by atoms with van der Waals surface area (Å²) in [5.74, 6) is 0.252. The van der Waals surface area contributed by atoms with Gasteiger partial charge in [0.25, 0.3) is 11.8 Å². The number of piperidine rings is 1. The summed E-state index contributed by atoms with van der Waals surface area (Å²) >= 11 is 2.94. The largest absolute Gasteiger partial charge is 0.344 e. The van der Waals surface area contributed by atoms with Gasteiger partial charge in [-0.2, -0.15) is 0 Å². The first-order valence-electron chi connectivity index (χ1n) is 8.98. The van der Waals surface area contributed by atoms with Crippen LogP contribution in [0.1, 0.15) is 43.7 Å². The van der Waals surface area contributed by atoms with Crippen LogP contribution in [0.2, 0.25) is 0 Å². The number of carbonyl (C=O) groups is 2. The fourth-order valence-electron chi connectivity index (χ4n) is 3.67. The third-order valence-electron chi connectivity index (χ3n) is 4.95. The maximum atomic E-state index is 12.8. The molecule has 1 aliphatic rings.